The van der Waals surface area contributed by atoms with Crippen LogP contribution < -0.4 is 4.74 Å². The summed E-state index contributed by atoms with van der Waals surface area (Å²) in [5.74, 6) is 1.41. The number of nitrogens with zero attached hydrogens (tertiary/aromatic N) is 2. The van der Waals surface area contributed by atoms with E-state index in [1.807, 2.05) is 53.1 Å². The lowest BCUT2D eigenvalue weighted by molar-refractivity contribution is 0.416. The third-order valence-corrected chi connectivity index (χ3v) is 3.60. The lowest BCUT2D eigenvalue weighted by atomic mass is 10.2. The number of aromatic amines is 1. The Balaban J connectivity index is 2.25. The molecule has 0 amide bonds. The highest BCUT2D eigenvalue weighted by Gasteiger charge is 2.14. The molecule has 3 rings (SSSR count). The molecular weight excluding hydrogens is 306 g/mol. The molecule has 0 saturated carbocycles. The minimum absolute atomic E-state index is 0.498. The molecule has 0 aliphatic heterocycles. The second-order valence-electron chi connectivity index (χ2n) is 4.37. The molecule has 6 heteroatoms. The molecule has 0 unspecified atom stereocenters. The number of hydrogen-bond acceptors (Lipinski definition) is 3. The monoisotopic (exact) mass is 317 g/mol. The Morgan fingerprint density at radius 2 is 2.00 bits per heavy atom. The van der Waals surface area contributed by atoms with Crippen molar-refractivity contribution < 1.29 is 4.74 Å². The van der Waals surface area contributed by atoms with E-state index in [1.165, 1.54) is 0 Å². The zero-order valence-corrected chi connectivity index (χ0v) is 12.8. The molecule has 0 aliphatic carbocycles. The van der Waals surface area contributed by atoms with Gasteiger partial charge in [-0.3, -0.25) is 9.67 Å². The number of aromatic nitrogens is 3. The number of halogens is 1. The van der Waals surface area contributed by atoms with E-state index in [2.05, 4.69) is 10.2 Å². The summed E-state index contributed by atoms with van der Waals surface area (Å²) in [6.45, 7) is 0. The van der Waals surface area contributed by atoms with E-state index in [-0.39, 0.29) is 0 Å². The number of methoxy groups -OCH3 is 1. The van der Waals surface area contributed by atoms with Crippen molar-refractivity contribution >= 4 is 23.8 Å². The van der Waals surface area contributed by atoms with Crippen LogP contribution in [0.2, 0.25) is 5.02 Å². The average molecular weight is 318 g/mol. The molecule has 0 bridgehead atoms. The number of para-hydroxylation sites is 1. The number of hydrogen-bond donors (Lipinski definition) is 1. The molecule has 0 aliphatic rings. The molecular formula is C15H12ClN3OS. The third-order valence-electron chi connectivity index (χ3n) is 3.09. The van der Waals surface area contributed by atoms with E-state index in [0.29, 0.717) is 15.6 Å². The van der Waals surface area contributed by atoms with Gasteiger partial charge in [0.1, 0.15) is 5.75 Å². The standard InChI is InChI=1S/C15H12ClN3OS/c1-20-13-8-3-2-7-12(13)14-17-18-15(21)19(14)11-6-4-5-10(16)9-11/h2-9H,1H3,(H,18,21). The summed E-state index contributed by atoms with van der Waals surface area (Å²) in [7, 11) is 1.63. The molecule has 106 valence electrons. The van der Waals surface area contributed by atoms with Gasteiger partial charge >= 0.3 is 0 Å². The predicted octanol–water partition coefficient (Wildman–Crippen LogP) is 4.26. The zero-order valence-electron chi connectivity index (χ0n) is 11.2. The highest BCUT2D eigenvalue weighted by atomic mass is 35.5. The number of ether oxygens (including phenoxy) is 1. The van der Waals surface area contributed by atoms with Crippen molar-refractivity contribution in [2.45, 2.75) is 0 Å². The maximum Gasteiger partial charge on any atom is 0.200 e. The van der Waals surface area contributed by atoms with Crippen LogP contribution in [0.5, 0.6) is 5.75 Å². The first-order chi connectivity index (χ1) is 10.2. The summed E-state index contributed by atoms with van der Waals surface area (Å²) < 4.78 is 7.73. The lowest BCUT2D eigenvalue weighted by Crippen LogP contribution is -1.99. The Kier molecular flexibility index (Phi) is 3.77. The van der Waals surface area contributed by atoms with Crippen LogP contribution in [0.15, 0.2) is 48.5 Å². The van der Waals surface area contributed by atoms with Crippen LogP contribution in [-0.2, 0) is 0 Å². The summed E-state index contributed by atoms with van der Waals surface area (Å²) in [6, 6.07) is 15.1. The summed E-state index contributed by atoms with van der Waals surface area (Å²) in [5, 5.41) is 7.79. The Bertz CT molecular complexity index is 841. The fourth-order valence-electron chi connectivity index (χ4n) is 2.16. The van der Waals surface area contributed by atoms with Gasteiger partial charge in [-0.2, -0.15) is 5.10 Å². The van der Waals surface area contributed by atoms with Gasteiger partial charge in [-0.15, -0.1) is 0 Å². The molecule has 4 nitrogen and oxygen atoms in total. The van der Waals surface area contributed by atoms with E-state index in [9.17, 15) is 0 Å². The maximum atomic E-state index is 6.07. The first kappa shape index (κ1) is 13.9. The maximum absolute atomic E-state index is 6.07. The molecule has 0 fully saturated rings. The SMILES string of the molecule is COc1ccccc1-c1n[nH]c(=S)n1-c1cccc(Cl)c1. The molecule has 1 heterocycles. The van der Waals surface area contributed by atoms with E-state index in [4.69, 9.17) is 28.6 Å². The quantitative estimate of drug-likeness (QED) is 0.734. The molecule has 21 heavy (non-hydrogen) atoms. The average Bonchev–Trinajstić information content (AvgIpc) is 2.88. The Morgan fingerprint density at radius 3 is 2.76 bits per heavy atom. The third kappa shape index (κ3) is 2.57. The lowest BCUT2D eigenvalue weighted by Gasteiger charge is -2.10. The molecule has 3 aromatic rings. The minimum Gasteiger partial charge on any atom is -0.496 e. The van der Waals surface area contributed by atoms with E-state index >= 15 is 0 Å². The van der Waals surface area contributed by atoms with Crippen LogP contribution in [0.3, 0.4) is 0 Å². The van der Waals surface area contributed by atoms with Gasteiger partial charge in [0.25, 0.3) is 0 Å². The van der Waals surface area contributed by atoms with Gasteiger partial charge in [0.05, 0.1) is 18.4 Å². The number of H-pyrrole nitrogens is 1. The smallest absolute Gasteiger partial charge is 0.200 e. The van der Waals surface area contributed by atoms with E-state index < -0.39 is 0 Å². The van der Waals surface area contributed by atoms with Gasteiger partial charge in [-0.05, 0) is 42.5 Å². The summed E-state index contributed by atoms with van der Waals surface area (Å²) in [4.78, 5) is 0. The molecule has 0 saturated heterocycles. The highest BCUT2D eigenvalue weighted by Crippen LogP contribution is 2.30. The molecule has 0 spiro atoms. The Hall–Kier alpha value is -2.11. The molecule has 2 aromatic carbocycles. The van der Waals surface area contributed by atoms with Crippen LogP contribution in [0.25, 0.3) is 17.1 Å². The second kappa shape index (κ2) is 5.71. The van der Waals surface area contributed by atoms with Crippen molar-refractivity contribution in [3.8, 4) is 22.8 Å². The largest absolute Gasteiger partial charge is 0.496 e. The molecule has 0 atom stereocenters. The Morgan fingerprint density at radius 1 is 1.19 bits per heavy atom. The van der Waals surface area contributed by atoms with Gasteiger partial charge in [0, 0.05) is 5.02 Å². The van der Waals surface area contributed by atoms with Crippen molar-refractivity contribution in [2.75, 3.05) is 7.11 Å². The Labute approximate surface area is 132 Å². The topological polar surface area (TPSA) is 42.8 Å². The summed E-state index contributed by atoms with van der Waals surface area (Å²) in [5.41, 5.74) is 1.70. The fourth-order valence-corrected chi connectivity index (χ4v) is 2.58. The second-order valence-corrected chi connectivity index (χ2v) is 5.19. The summed E-state index contributed by atoms with van der Waals surface area (Å²) in [6.07, 6.45) is 0. The number of rotatable bonds is 3. The first-order valence-corrected chi connectivity index (χ1v) is 7.06. The van der Waals surface area contributed by atoms with Crippen LogP contribution >= 0.6 is 23.8 Å². The molecule has 1 aromatic heterocycles. The van der Waals surface area contributed by atoms with Crippen molar-refractivity contribution in [3.05, 3.63) is 58.3 Å². The highest BCUT2D eigenvalue weighted by molar-refractivity contribution is 7.71. The van der Waals surface area contributed by atoms with Crippen molar-refractivity contribution in [1.29, 1.82) is 0 Å². The van der Waals surface area contributed by atoms with E-state index in [1.54, 1.807) is 7.11 Å². The van der Waals surface area contributed by atoms with Crippen molar-refractivity contribution in [2.24, 2.45) is 0 Å². The number of benzene rings is 2. The van der Waals surface area contributed by atoms with Crippen LogP contribution in [-0.4, -0.2) is 21.9 Å². The van der Waals surface area contributed by atoms with Crippen LogP contribution in [0.1, 0.15) is 0 Å². The molecule has 0 radical (unpaired) electrons. The number of nitrogens with one attached hydrogen (secondary N) is 1. The van der Waals surface area contributed by atoms with Gasteiger partial charge in [-0.1, -0.05) is 29.8 Å². The van der Waals surface area contributed by atoms with Gasteiger partial charge in [0.2, 0.25) is 0 Å². The van der Waals surface area contributed by atoms with Crippen LogP contribution in [0, 0.1) is 4.77 Å². The van der Waals surface area contributed by atoms with E-state index in [0.717, 1.165) is 17.0 Å². The minimum atomic E-state index is 0.498. The zero-order chi connectivity index (χ0) is 14.8. The van der Waals surface area contributed by atoms with Crippen molar-refractivity contribution in [1.82, 2.24) is 14.8 Å². The van der Waals surface area contributed by atoms with Gasteiger partial charge in [-0.25, -0.2) is 0 Å². The van der Waals surface area contributed by atoms with Gasteiger partial charge in [0.15, 0.2) is 10.6 Å². The fraction of sp³-hybridized carbons (Fsp3) is 0.0667. The summed E-state index contributed by atoms with van der Waals surface area (Å²) >= 11 is 11.4. The van der Waals surface area contributed by atoms with Gasteiger partial charge < -0.3 is 4.74 Å². The van der Waals surface area contributed by atoms with Crippen LogP contribution in [0.4, 0.5) is 0 Å². The first-order valence-electron chi connectivity index (χ1n) is 6.27. The molecule has 1 N–H and O–H groups in total. The normalized spacial score (nSPS) is 10.6. The van der Waals surface area contributed by atoms with Crippen molar-refractivity contribution in [3.63, 3.8) is 0 Å². The predicted molar refractivity (Wildman–Crippen MR) is 85.7 cm³/mol.